The lowest BCUT2D eigenvalue weighted by atomic mass is 9.93. The third-order valence-electron chi connectivity index (χ3n) is 5.49. The largest absolute Gasteiger partial charge is 0.497 e. The maximum absolute atomic E-state index is 12.9. The highest BCUT2D eigenvalue weighted by Gasteiger charge is 2.28. The average Bonchev–Trinajstić information content (AvgIpc) is 3.15. The normalized spacial score (nSPS) is 14.6. The quantitative estimate of drug-likeness (QED) is 0.529. The van der Waals surface area contributed by atoms with Crippen molar-refractivity contribution in [2.24, 2.45) is 5.10 Å². The lowest BCUT2D eigenvalue weighted by Gasteiger charge is -2.14. The Balaban J connectivity index is 1.59. The Bertz CT molecular complexity index is 1320. The summed E-state index contributed by atoms with van der Waals surface area (Å²) in [7, 11) is -2.25. The second kappa shape index (κ2) is 9.11. The molecule has 172 valence electrons. The smallest absolute Gasteiger partial charge is 0.291 e. The van der Waals surface area contributed by atoms with Gasteiger partial charge in [0.2, 0.25) is 0 Å². The van der Waals surface area contributed by atoms with Gasteiger partial charge in [-0.1, -0.05) is 23.8 Å². The van der Waals surface area contributed by atoms with E-state index >= 15 is 0 Å². The number of nitrogens with zero attached hydrogens (tertiary/aromatic N) is 1. The maximum atomic E-state index is 12.9. The van der Waals surface area contributed by atoms with Gasteiger partial charge in [-0.25, -0.2) is 0 Å². The first-order chi connectivity index (χ1) is 15.8. The molecule has 0 atom stereocenters. The molecule has 2 N–H and O–H groups in total. The number of ether oxygens (including phenoxy) is 1. The molecule has 0 spiro atoms. The molecule has 1 aliphatic rings. The van der Waals surface area contributed by atoms with Crippen LogP contribution in [0.4, 0.5) is 5.69 Å². The predicted molar refractivity (Wildman–Crippen MR) is 125 cm³/mol. The molecule has 1 heterocycles. The van der Waals surface area contributed by atoms with Crippen LogP contribution >= 0.6 is 0 Å². The van der Waals surface area contributed by atoms with E-state index in [1.807, 2.05) is 6.92 Å². The molecule has 3 aromatic rings. The van der Waals surface area contributed by atoms with Crippen molar-refractivity contribution in [2.75, 3.05) is 12.4 Å². The SMILES string of the molecule is COc1cccc(NC(=O)c2oc3c(c2C)/C(=N/NS(=O)(=O)c2ccc(C)cc2)CCC3)c1. The Morgan fingerprint density at radius 1 is 1.09 bits per heavy atom. The van der Waals surface area contributed by atoms with Crippen LogP contribution in [0.3, 0.4) is 0 Å². The number of carbonyl (C=O) groups excluding carboxylic acids is 1. The Morgan fingerprint density at radius 3 is 2.58 bits per heavy atom. The van der Waals surface area contributed by atoms with Gasteiger partial charge in [0.1, 0.15) is 11.5 Å². The molecule has 0 bridgehead atoms. The van der Waals surface area contributed by atoms with Crippen molar-refractivity contribution in [1.29, 1.82) is 0 Å². The third-order valence-corrected chi connectivity index (χ3v) is 6.72. The van der Waals surface area contributed by atoms with Crippen molar-refractivity contribution in [2.45, 2.75) is 38.0 Å². The van der Waals surface area contributed by atoms with Gasteiger partial charge in [0.05, 0.1) is 17.7 Å². The molecule has 0 saturated carbocycles. The summed E-state index contributed by atoms with van der Waals surface area (Å²) in [5, 5.41) is 7.02. The van der Waals surface area contributed by atoms with Crippen molar-refractivity contribution in [3.63, 3.8) is 0 Å². The van der Waals surface area contributed by atoms with Crippen LogP contribution in [-0.4, -0.2) is 27.1 Å². The van der Waals surface area contributed by atoms with Crippen LogP contribution < -0.4 is 14.9 Å². The minimum atomic E-state index is -3.81. The third kappa shape index (κ3) is 4.78. The number of aryl methyl sites for hydroxylation is 2. The fraction of sp³-hybridized carbons (Fsp3) is 0.250. The number of rotatable bonds is 6. The number of benzene rings is 2. The van der Waals surface area contributed by atoms with Gasteiger partial charge in [-0.15, -0.1) is 0 Å². The zero-order valence-corrected chi connectivity index (χ0v) is 19.5. The van der Waals surface area contributed by atoms with E-state index in [-0.39, 0.29) is 10.7 Å². The summed E-state index contributed by atoms with van der Waals surface area (Å²) in [6.45, 7) is 3.66. The topological polar surface area (TPSA) is 110 Å². The van der Waals surface area contributed by atoms with Crippen molar-refractivity contribution >= 4 is 27.3 Å². The second-order valence-corrected chi connectivity index (χ2v) is 9.52. The summed E-state index contributed by atoms with van der Waals surface area (Å²) in [6.07, 6.45) is 1.95. The van der Waals surface area contributed by atoms with Gasteiger partial charge in [-0.2, -0.15) is 18.4 Å². The van der Waals surface area contributed by atoms with Gasteiger partial charge in [-0.05, 0) is 51.0 Å². The molecule has 33 heavy (non-hydrogen) atoms. The van der Waals surface area contributed by atoms with E-state index in [0.717, 1.165) is 12.0 Å². The molecular formula is C24H25N3O5S. The molecule has 2 aromatic carbocycles. The van der Waals surface area contributed by atoms with E-state index in [4.69, 9.17) is 9.15 Å². The standard InChI is InChI=1S/C24H25N3O5S/c1-15-10-12-19(13-11-15)33(29,30)27-26-20-8-5-9-21-22(20)16(2)23(32-21)24(28)25-17-6-4-7-18(14-17)31-3/h4,6-7,10-14,27H,5,8-9H2,1-3H3,(H,25,28)/b26-20+. The van der Waals surface area contributed by atoms with Gasteiger partial charge in [0, 0.05) is 29.3 Å². The van der Waals surface area contributed by atoms with E-state index in [1.54, 1.807) is 50.4 Å². The Hall–Kier alpha value is -3.59. The van der Waals surface area contributed by atoms with E-state index in [2.05, 4.69) is 15.2 Å². The van der Waals surface area contributed by atoms with Crippen LogP contribution in [0, 0.1) is 13.8 Å². The maximum Gasteiger partial charge on any atom is 0.291 e. The summed E-state index contributed by atoms with van der Waals surface area (Å²) in [5.74, 6) is 1.04. The van der Waals surface area contributed by atoms with Crippen molar-refractivity contribution in [3.05, 3.63) is 76.7 Å². The molecule has 0 aliphatic heterocycles. The first-order valence-electron chi connectivity index (χ1n) is 10.5. The molecule has 0 fully saturated rings. The average molecular weight is 468 g/mol. The minimum Gasteiger partial charge on any atom is -0.497 e. The number of amides is 1. The molecule has 0 unspecified atom stereocenters. The fourth-order valence-corrected chi connectivity index (χ4v) is 4.60. The zero-order chi connectivity index (χ0) is 23.6. The van der Waals surface area contributed by atoms with Gasteiger partial charge in [-0.3, -0.25) is 4.79 Å². The second-order valence-electron chi connectivity index (χ2n) is 7.86. The monoisotopic (exact) mass is 467 g/mol. The number of anilines is 1. The fourth-order valence-electron chi connectivity index (χ4n) is 3.77. The molecule has 0 radical (unpaired) electrons. The zero-order valence-electron chi connectivity index (χ0n) is 18.6. The van der Waals surface area contributed by atoms with Crippen LogP contribution in [0.5, 0.6) is 5.75 Å². The van der Waals surface area contributed by atoms with E-state index < -0.39 is 15.9 Å². The van der Waals surface area contributed by atoms with Crippen LogP contribution in [0.2, 0.25) is 0 Å². The first kappa shape index (κ1) is 22.6. The molecular weight excluding hydrogens is 442 g/mol. The van der Waals surface area contributed by atoms with E-state index in [9.17, 15) is 13.2 Å². The summed E-state index contributed by atoms with van der Waals surface area (Å²) < 4.78 is 36.3. The predicted octanol–water partition coefficient (Wildman–Crippen LogP) is 4.18. The summed E-state index contributed by atoms with van der Waals surface area (Å²) in [4.78, 5) is 15.4. The number of fused-ring (bicyclic) bond motifs is 1. The molecule has 0 saturated heterocycles. The number of hydrogen-bond acceptors (Lipinski definition) is 6. The molecule has 9 heteroatoms. The number of methoxy groups -OCH3 is 1. The van der Waals surface area contributed by atoms with E-state index in [0.29, 0.717) is 46.9 Å². The number of sulfonamides is 1. The van der Waals surface area contributed by atoms with Gasteiger partial charge >= 0.3 is 0 Å². The Morgan fingerprint density at radius 2 is 1.85 bits per heavy atom. The van der Waals surface area contributed by atoms with Gasteiger partial charge in [0.15, 0.2) is 5.76 Å². The van der Waals surface area contributed by atoms with Gasteiger partial charge in [0.25, 0.3) is 15.9 Å². The molecule has 8 nitrogen and oxygen atoms in total. The van der Waals surface area contributed by atoms with Crippen LogP contribution in [-0.2, 0) is 16.4 Å². The number of hydrazone groups is 1. The summed E-state index contributed by atoms with van der Waals surface area (Å²) in [6, 6.07) is 13.6. The number of carbonyl (C=O) groups is 1. The highest BCUT2D eigenvalue weighted by Crippen LogP contribution is 2.30. The Labute approximate surface area is 192 Å². The van der Waals surface area contributed by atoms with Crippen molar-refractivity contribution < 1.29 is 22.4 Å². The molecule has 4 rings (SSSR count). The van der Waals surface area contributed by atoms with Crippen molar-refractivity contribution in [3.8, 4) is 5.75 Å². The highest BCUT2D eigenvalue weighted by atomic mass is 32.2. The number of furan rings is 1. The molecule has 1 aromatic heterocycles. The Kier molecular flexibility index (Phi) is 6.24. The summed E-state index contributed by atoms with van der Waals surface area (Å²) in [5.41, 5.74) is 3.40. The van der Waals surface area contributed by atoms with Crippen LogP contribution in [0.15, 0.2) is 62.9 Å². The first-order valence-corrected chi connectivity index (χ1v) is 12.0. The van der Waals surface area contributed by atoms with Crippen LogP contribution in [0.25, 0.3) is 0 Å². The molecule has 1 amide bonds. The number of hydrogen-bond donors (Lipinski definition) is 2. The number of nitrogens with one attached hydrogen (secondary N) is 2. The highest BCUT2D eigenvalue weighted by molar-refractivity contribution is 7.89. The minimum absolute atomic E-state index is 0.135. The molecule has 1 aliphatic carbocycles. The van der Waals surface area contributed by atoms with Gasteiger partial charge < -0.3 is 14.5 Å². The summed E-state index contributed by atoms with van der Waals surface area (Å²) >= 11 is 0. The lowest BCUT2D eigenvalue weighted by molar-refractivity contribution is 0.0994. The van der Waals surface area contributed by atoms with E-state index in [1.165, 1.54) is 12.1 Å². The lowest BCUT2D eigenvalue weighted by Crippen LogP contribution is -2.22. The van der Waals surface area contributed by atoms with Crippen molar-refractivity contribution in [1.82, 2.24) is 4.83 Å². The van der Waals surface area contributed by atoms with Crippen LogP contribution in [0.1, 0.15) is 45.8 Å².